The van der Waals surface area contributed by atoms with Gasteiger partial charge in [-0.15, -0.1) is 12.4 Å². The van der Waals surface area contributed by atoms with Gasteiger partial charge in [-0.05, 0) is 25.2 Å². The average molecular weight is 206 g/mol. The molecule has 1 aliphatic carbocycles. The minimum Gasteiger partial charge on any atom is -0.480 e. The Morgan fingerprint density at radius 2 is 2.00 bits per heavy atom. The lowest BCUT2D eigenvalue weighted by Crippen LogP contribution is -2.36. The van der Waals surface area contributed by atoms with Crippen molar-refractivity contribution in [1.29, 1.82) is 0 Å². The maximum atomic E-state index is 10.7. The Labute approximate surface area is 84.3 Å². The molecule has 13 heavy (non-hydrogen) atoms. The molecule has 3 atom stereocenters. The predicted molar refractivity (Wildman–Crippen MR) is 52.2 cm³/mol. The van der Waals surface area contributed by atoms with E-state index in [9.17, 15) is 4.79 Å². The van der Waals surface area contributed by atoms with E-state index in [0.29, 0.717) is 12.0 Å². The maximum absolute atomic E-state index is 10.7. The lowest BCUT2D eigenvalue weighted by atomic mass is 9.85. The van der Waals surface area contributed by atoms with Gasteiger partial charge >= 0.3 is 5.97 Å². The number of carbonyl (C=O) groups is 1. The quantitative estimate of drug-likeness (QED) is 0.681. The molecule has 0 spiro atoms. The molecular formula is C9H16ClNO2. The van der Waals surface area contributed by atoms with Gasteiger partial charge < -0.3 is 10.4 Å². The minimum absolute atomic E-state index is 0. The van der Waals surface area contributed by atoms with Gasteiger partial charge in [-0.2, -0.15) is 0 Å². The third-order valence-electron chi connectivity index (χ3n) is 3.16. The number of fused-ring (bicyclic) bond motifs is 1. The molecule has 0 aromatic carbocycles. The Bertz CT molecular complexity index is 184. The normalized spacial score (nSPS) is 37.7. The lowest BCUT2D eigenvalue weighted by Gasteiger charge is -2.24. The molecule has 2 aliphatic rings. The largest absolute Gasteiger partial charge is 0.480 e. The van der Waals surface area contributed by atoms with Crippen molar-refractivity contribution >= 4 is 18.4 Å². The average Bonchev–Trinajstić information content (AvgIpc) is 2.46. The number of carboxylic acids is 1. The smallest absolute Gasteiger partial charge is 0.320 e. The van der Waals surface area contributed by atoms with Crippen LogP contribution >= 0.6 is 12.4 Å². The van der Waals surface area contributed by atoms with E-state index < -0.39 is 5.97 Å². The zero-order chi connectivity index (χ0) is 8.55. The molecule has 1 saturated carbocycles. The third kappa shape index (κ3) is 2.15. The molecule has 0 bridgehead atoms. The molecule has 76 valence electrons. The van der Waals surface area contributed by atoms with Crippen molar-refractivity contribution < 1.29 is 9.90 Å². The summed E-state index contributed by atoms with van der Waals surface area (Å²) in [6.07, 6.45) is 5.80. The van der Waals surface area contributed by atoms with Gasteiger partial charge in [0.15, 0.2) is 0 Å². The number of hydrogen-bond donors (Lipinski definition) is 2. The highest BCUT2D eigenvalue weighted by atomic mass is 35.5. The first-order valence-corrected chi connectivity index (χ1v) is 4.76. The first-order chi connectivity index (χ1) is 5.77. The molecule has 2 rings (SSSR count). The second kappa shape index (κ2) is 4.29. The molecule has 0 aromatic heterocycles. The van der Waals surface area contributed by atoms with E-state index in [1.165, 1.54) is 25.7 Å². The van der Waals surface area contributed by atoms with Crippen molar-refractivity contribution in [2.45, 2.75) is 44.2 Å². The second-order valence-electron chi connectivity index (χ2n) is 3.94. The van der Waals surface area contributed by atoms with E-state index >= 15 is 0 Å². The van der Waals surface area contributed by atoms with Crippen LogP contribution in [0.2, 0.25) is 0 Å². The Balaban J connectivity index is 0.000000845. The van der Waals surface area contributed by atoms with Gasteiger partial charge in [-0.1, -0.05) is 12.8 Å². The molecule has 1 unspecified atom stereocenters. The highest BCUT2D eigenvalue weighted by Crippen LogP contribution is 2.32. The summed E-state index contributed by atoms with van der Waals surface area (Å²) in [6.45, 7) is 0. The number of carboxylic acid groups (broad SMARTS) is 1. The molecule has 3 nitrogen and oxygen atoms in total. The summed E-state index contributed by atoms with van der Waals surface area (Å²) in [7, 11) is 0. The van der Waals surface area contributed by atoms with Crippen molar-refractivity contribution in [3.05, 3.63) is 0 Å². The van der Waals surface area contributed by atoms with Gasteiger partial charge in [-0.25, -0.2) is 0 Å². The second-order valence-corrected chi connectivity index (χ2v) is 3.94. The number of nitrogens with one attached hydrogen (secondary N) is 1. The summed E-state index contributed by atoms with van der Waals surface area (Å²) in [4.78, 5) is 10.7. The van der Waals surface area contributed by atoms with Gasteiger partial charge in [0.1, 0.15) is 6.04 Å². The highest BCUT2D eigenvalue weighted by molar-refractivity contribution is 5.85. The van der Waals surface area contributed by atoms with Crippen LogP contribution in [0, 0.1) is 5.92 Å². The molecule has 0 aromatic rings. The van der Waals surface area contributed by atoms with Crippen LogP contribution in [0.3, 0.4) is 0 Å². The van der Waals surface area contributed by atoms with Gasteiger partial charge in [0, 0.05) is 6.04 Å². The molecule has 2 fully saturated rings. The van der Waals surface area contributed by atoms with Crippen LogP contribution in [0.5, 0.6) is 0 Å². The molecule has 0 amide bonds. The van der Waals surface area contributed by atoms with Crippen molar-refractivity contribution in [3.63, 3.8) is 0 Å². The van der Waals surface area contributed by atoms with Crippen molar-refractivity contribution in [2.75, 3.05) is 0 Å². The van der Waals surface area contributed by atoms with E-state index in [1.807, 2.05) is 0 Å². The van der Waals surface area contributed by atoms with Crippen LogP contribution in [0.1, 0.15) is 32.1 Å². The summed E-state index contributed by atoms with van der Waals surface area (Å²) in [5, 5.41) is 12.0. The molecule has 1 heterocycles. The van der Waals surface area contributed by atoms with Crippen LogP contribution < -0.4 is 5.32 Å². The molecule has 1 aliphatic heterocycles. The van der Waals surface area contributed by atoms with Crippen LogP contribution in [0.15, 0.2) is 0 Å². The van der Waals surface area contributed by atoms with E-state index in [0.717, 1.165) is 6.42 Å². The Morgan fingerprint density at radius 1 is 1.31 bits per heavy atom. The van der Waals surface area contributed by atoms with E-state index in [2.05, 4.69) is 5.32 Å². The van der Waals surface area contributed by atoms with Crippen LogP contribution in [0.25, 0.3) is 0 Å². The van der Waals surface area contributed by atoms with Crippen molar-refractivity contribution in [1.82, 2.24) is 5.32 Å². The van der Waals surface area contributed by atoms with Crippen LogP contribution in [-0.2, 0) is 4.79 Å². The first kappa shape index (κ1) is 10.8. The fourth-order valence-electron chi connectivity index (χ4n) is 2.51. The monoisotopic (exact) mass is 205 g/mol. The summed E-state index contributed by atoms with van der Waals surface area (Å²) in [6, 6.07) is 0.234. The van der Waals surface area contributed by atoms with E-state index in [1.54, 1.807) is 0 Å². The lowest BCUT2D eigenvalue weighted by molar-refractivity contribution is -0.139. The van der Waals surface area contributed by atoms with Gasteiger partial charge in [-0.3, -0.25) is 4.79 Å². The minimum atomic E-state index is -0.676. The zero-order valence-electron chi connectivity index (χ0n) is 7.53. The van der Waals surface area contributed by atoms with Crippen LogP contribution in [-0.4, -0.2) is 23.2 Å². The topological polar surface area (TPSA) is 49.3 Å². The standard InChI is InChI=1S/C9H15NO2.ClH/c11-9(12)8-5-6-3-1-2-4-7(6)10-8;/h6-8,10H,1-5H2,(H,11,12);1H/t6-,7?,8-;/m0./s1. The first-order valence-electron chi connectivity index (χ1n) is 4.76. The van der Waals surface area contributed by atoms with E-state index in [4.69, 9.17) is 5.11 Å². The molecular weight excluding hydrogens is 190 g/mol. The Morgan fingerprint density at radius 3 is 2.62 bits per heavy atom. The van der Waals surface area contributed by atoms with Crippen LogP contribution in [0.4, 0.5) is 0 Å². The van der Waals surface area contributed by atoms with Gasteiger partial charge in [0.05, 0.1) is 0 Å². The van der Waals surface area contributed by atoms with Crippen molar-refractivity contribution in [3.8, 4) is 0 Å². The Kier molecular flexibility index (Phi) is 3.56. The zero-order valence-corrected chi connectivity index (χ0v) is 8.35. The summed E-state index contributed by atoms with van der Waals surface area (Å²) < 4.78 is 0. The summed E-state index contributed by atoms with van der Waals surface area (Å²) in [5.74, 6) is -0.0377. The molecule has 4 heteroatoms. The summed E-state index contributed by atoms with van der Waals surface area (Å²) >= 11 is 0. The SMILES string of the molecule is Cl.O=C(O)[C@@H]1C[C@@H]2CCCCC2N1. The number of aliphatic carboxylic acids is 1. The predicted octanol–water partition coefficient (Wildman–Crippen LogP) is 1.41. The molecule has 0 radical (unpaired) electrons. The molecule has 2 N–H and O–H groups in total. The maximum Gasteiger partial charge on any atom is 0.320 e. The van der Waals surface area contributed by atoms with E-state index in [-0.39, 0.29) is 18.4 Å². The van der Waals surface area contributed by atoms with Crippen molar-refractivity contribution in [2.24, 2.45) is 5.92 Å². The molecule has 1 saturated heterocycles. The fourth-order valence-corrected chi connectivity index (χ4v) is 2.51. The van der Waals surface area contributed by atoms with Gasteiger partial charge in [0.2, 0.25) is 0 Å². The third-order valence-corrected chi connectivity index (χ3v) is 3.16. The number of halogens is 1. The fraction of sp³-hybridized carbons (Fsp3) is 0.889. The van der Waals surface area contributed by atoms with Gasteiger partial charge in [0.25, 0.3) is 0 Å². The summed E-state index contributed by atoms with van der Waals surface area (Å²) in [5.41, 5.74) is 0. The Hall–Kier alpha value is -0.280. The number of hydrogen-bond acceptors (Lipinski definition) is 2. The number of rotatable bonds is 1. The highest BCUT2D eigenvalue weighted by Gasteiger charge is 2.37.